The van der Waals surface area contributed by atoms with E-state index in [1.807, 2.05) is 30.3 Å². The molecule has 0 saturated heterocycles. The van der Waals surface area contributed by atoms with Crippen molar-refractivity contribution < 1.29 is 14.3 Å². The molecule has 1 heterocycles. The number of carboxylic acid groups (broad SMARTS) is 1. The van der Waals surface area contributed by atoms with Gasteiger partial charge in [-0.25, -0.2) is 4.79 Å². The van der Waals surface area contributed by atoms with Crippen LogP contribution in [0.25, 0.3) is 17.4 Å². The van der Waals surface area contributed by atoms with E-state index in [1.165, 1.54) is 6.08 Å². The van der Waals surface area contributed by atoms with Gasteiger partial charge in [0.25, 0.3) is 0 Å². The first kappa shape index (κ1) is 11.7. The van der Waals surface area contributed by atoms with Gasteiger partial charge in [-0.1, -0.05) is 30.3 Å². The Bertz CT molecular complexity index is 633. The van der Waals surface area contributed by atoms with E-state index in [-0.39, 0.29) is 5.57 Å². The SMILES string of the molecule is N#CC(=Cc1ccc(-c2ccccc2)o1)C(=O)O. The van der Waals surface area contributed by atoms with Crippen LogP contribution in [0.2, 0.25) is 0 Å². The molecule has 2 aromatic rings. The maximum Gasteiger partial charge on any atom is 0.346 e. The molecule has 0 atom stereocenters. The second-order valence-electron chi connectivity index (χ2n) is 3.54. The lowest BCUT2D eigenvalue weighted by atomic mass is 10.2. The Balaban J connectivity index is 2.33. The molecule has 4 nitrogen and oxygen atoms in total. The van der Waals surface area contributed by atoms with E-state index >= 15 is 0 Å². The highest BCUT2D eigenvalue weighted by Crippen LogP contribution is 2.22. The molecule has 0 saturated carbocycles. The summed E-state index contributed by atoms with van der Waals surface area (Å²) in [6.07, 6.45) is 1.20. The van der Waals surface area contributed by atoms with Crippen molar-refractivity contribution in [2.75, 3.05) is 0 Å². The van der Waals surface area contributed by atoms with E-state index in [2.05, 4.69) is 0 Å². The van der Waals surface area contributed by atoms with Crippen LogP contribution in [0.3, 0.4) is 0 Å². The fourth-order valence-electron chi connectivity index (χ4n) is 1.47. The first-order chi connectivity index (χ1) is 8.70. The van der Waals surface area contributed by atoms with Crippen LogP contribution in [0.4, 0.5) is 0 Å². The standard InChI is InChI=1S/C14H9NO3/c15-9-11(14(16)17)8-12-6-7-13(18-12)10-4-2-1-3-5-10/h1-8H,(H,16,17). The van der Waals surface area contributed by atoms with Crippen molar-refractivity contribution in [3.8, 4) is 17.4 Å². The third kappa shape index (κ3) is 2.47. The maximum absolute atomic E-state index is 10.7. The van der Waals surface area contributed by atoms with Crippen molar-refractivity contribution in [1.82, 2.24) is 0 Å². The highest BCUT2D eigenvalue weighted by atomic mass is 16.4. The predicted molar refractivity (Wildman–Crippen MR) is 65.4 cm³/mol. The summed E-state index contributed by atoms with van der Waals surface area (Å²) in [6.45, 7) is 0. The quantitative estimate of drug-likeness (QED) is 0.660. The van der Waals surface area contributed by atoms with Gasteiger partial charge in [-0.15, -0.1) is 0 Å². The summed E-state index contributed by atoms with van der Waals surface area (Å²) in [5.41, 5.74) is 0.537. The number of nitriles is 1. The summed E-state index contributed by atoms with van der Waals surface area (Å²) < 4.78 is 5.46. The Morgan fingerprint density at radius 2 is 1.94 bits per heavy atom. The van der Waals surface area contributed by atoms with Gasteiger partial charge < -0.3 is 9.52 Å². The Morgan fingerprint density at radius 3 is 2.56 bits per heavy atom. The molecule has 0 unspecified atom stereocenters. The van der Waals surface area contributed by atoms with E-state index < -0.39 is 5.97 Å². The number of aliphatic carboxylic acids is 1. The van der Waals surface area contributed by atoms with Crippen molar-refractivity contribution in [1.29, 1.82) is 5.26 Å². The van der Waals surface area contributed by atoms with Gasteiger partial charge in [0.05, 0.1) is 0 Å². The molecular weight excluding hydrogens is 230 g/mol. The average Bonchev–Trinajstić information content (AvgIpc) is 2.85. The van der Waals surface area contributed by atoms with Crippen LogP contribution >= 0.6 is 0 Å². The number of carboxylic acids is 1. The summed E-state index contributed by atoms with van der Waals surface area (Å²) in [5.74, 6) is -0.299. The predicted octanol–water partition coefficient (Wildman–Crippen LogP) is 2.94. The van der Waals surface area contributed by atoms with Crippen LogP contribution in [0.1, 0.15) is 5.76 Å². The molecule has 1 aromatic heterocycles. The summed E-state index contributed by atoms with van der Waals surface area (Å²) in [6, 6.07) is 14.4. The molecular formula is C14H9NO3. The van der Waals surface area contributed by atoms with Crippen molar-refractivity contribution in [3.05, 3.63) is 53.8 Å². The molecule has 0 amide bonds. The number of carbonyl (C=O) groups is 1. The zero-order valence-corrected chi connectivity index (χ0v) is 9.33. The number of hydrogen-bond acceptors (Lipinski definition) is 3. The third-order valence-corrected chi connectivity index (χ3v) is 2.32. The zero-order valence-electron chi connectivity index (χ0n) is 9.33. The molecule has 18 heavy (non-hydrogen) atoms. The Kier molecular flexibility index (Phi) is 3.26. The van der Waals surface area contributed by atoms with Crippen molar-refractivity contribution >= 4 is 12.0 Å². The van der Waals surface area contributed by atoms with Crippen LogP contribution in [-0.2, 0) is 4.79 Å². The minimum atomic E-state index is -1.27. The smallest absolute Gasteiger partial charge is 0.346 e. The molecule has 0 bridgehead atoms. The van der Waals surface area contributed by atoms with E-state index in [4.69, 9.17) is 14.8 Å². The lowest BCUT2D eigenvalue weighted by Gasteiger charge is -1.94. The summed E-state index contributed by atoms with van der Waals surface area (Å²) >= 11 is 0. The molecule has 4 heteroatoms. The van der Waals surface area contributed by atoms with E-state index in [0.29, 0.717) is 11.5 Å². The lowest BCUT2D eigenvalue weighted by Crippen LogP contribution is -1.96. The Hall–Kier alpha value is -2.80. The fourth-order valence-corrected chi connectivity index (χ4v) is 1.47. The van der Waals surface area contributed by atoms with Crippen molar-refractivity contribution in [2.24, 2.45) is 0 Å². The first-order valence-electron chi connectivity index (χ1n) is 5.21. The van der Waals surface area contributed by atoms with E-state index in [9.17, 15) is 4.79 Å². The third-order valence-electron chi connectivity index (χ3n) is 2.32. The average molecular weight is 239 g/mol. The Morgan fingerprint density at radius 1 is 1.22 bits per heavy atom. The number of rotatable bonds is 3. The van der Waals surface area contributed by atoms with E-state index in [1.54, 1.807) is 18.2 Å². The second kappa shape index (κ2) is 5.02. The van der Waals surface area contributed by atoms with Gasteiger partial charge in [-0.2, -0.15) is 5.26 Å². The van der Waals surface area contributed by atoms with Crippen molar-refractivity contribution in [3.63, 3.8) is 0 Å². The molecule has 0 radical (unpaired) electrons. The Labute approximate surface area is 103 Å². The lowest BCUT2D eigenvalue weighted by molar-refractivity contribution is -0.132. The van der Waals surface area contributed by atoms with Crippen LogP contribution in [-0.4, -0.2) is 11.1 Å². The topological polar surface area (TPSA) is 74.2 Å². The van der Waals surface area contributed by atoms with Gasteiger partial charge in [0.2, 0.25) is 0 Å². The first-order valence-corrected chi connectivity index (χ1v) is 5.21. The fraction of sp³-hybridized carbons (Fsp3) is 0. The van der Waals surface area contributed by atoms with Gasteiger partial charge in [0.15, 0.2) is 0 Å². The monoisotopic (exact) mass is 239 g/mol. The highest BCUT2D eigenvalue weighted by molar-refractivity contribution is 5.96. The minimum Gasteiger partial charge on any atom is -0.477 e. The highest BCUT2D eigenvalue weighted by Gasteiger charge is 2.08. The van der Waals surface area contributed by atoms with Gasteiger partial charge in [0, 0.05) is 11.6 Å². The van der Waals surface area contributed by atoms with Crippen LogP contribution in [0, 0.1) is 11.3 Å². The van der Waals surface area contributed by atoms with Gasteiger partial charge in [-0.3, -0.25) is 0 Å². The molecule has 0 spiro atoms. The molecule has 0 aliphatic carbocycles. The van der Waals surface area contributed by atoms with Crippen LogP contribution < -0.4 is 0 Å². The zero-order chi connectivity index (χ0) is 13.0. The normalized spacial score (nSPS) is 10.9. The van der Waals surface area contributed by atoms with Gasteiger partial charge in [0.1, 0.15) is 23.2 Å². The second-order valence-corrected chi connectivity index (χ2v) is 3.54. The number of hydrogen-bond donors (Lipinski definition) is 1. The van der Waals surface area contributed by atoms with Gasteiger partial charge in [-0.05, 0) is 12.1 Å². The largest absolute Gasteiger partial charge is 0.477 e. The molecule has 1 aromatic carbocycles. The molecule has 0 fully saturated rings. The van der Waals surface area contributed by atoms with E-state index in [0.717, 1.165) is 5.56 Å². The molecule has 88 valence electrons. The minimum absolute atomic E-state index is 0.341. The van der Waals surface area contributed by atoms with Crippen LogP contribution in [0.5, 0.6) is 0 Å². The van der Waals surface area contributed by atoms with Crippen LogP contribution in [0.15, 0.2) is 52.5 Å². The number of nitrogens with zero attached hydrogens (tertiary/aromatic N) is 1. The maximum atomic E-state index is 10.7. The summed E-state index contributed by atoms with van der Waals surface area (Å²) in [5, 5.41) is 17.4. The van der Waals surface area contributed by atoms with Crippen molar-refractivity contribution in [2.45, 2.75) is 0 Å². The van der Waals surface area contributed by atoms with Gasteiger partial charge >= 0.3 is 5.97 Å². The molecule has 0 aliphatic heterocycles. The molecule has 1 N–H and O–H groups in total. The summed E-state index contributed by atoms with van der Waals surface area (Å²) in [4.78, 5) is 10.7. The summed E-state index contributed by atoms with van der Waals surface area (Å²) in [7, 11) is 0. The number of furan rings is 1. The molecule has 0 aliphatic rings. The molecule has 2 rings (SSSR count). The number of benzene rings is 1.